The first-order valence-corrected chi connectivity index (χ1v) is 9.23. The summed E-state index contributed by atoms with van der Waals surface area (Å²) in [4.78, 5) is 46.4. The fourth-order valence-corrected chi connectivity index (χ4v) is 3.35. The van der Waals surface area contributed by atoms with Gasteiger partial charge in [-0.05, 0) is 27.7 Å². The summed E-state index contributed by atoms with van der Waals surface area (Å²) < 4.78 is 10.1. The summed E-state index contributed by atoms with van der Waals surface area (Å²) in [6, 6.07) is 1.48. The van der Waals surface area contributed by atoms with Crippen molar-refractivity contribution in [1.29, 1.82) is 0 Å². The molecule has 1 aliphatic heterocycles. The van der Waals surface area contributed by atoms with Gasteiger partial charge in [0.05, 0.1) is 46.2 Å². The number of benzene rings is 1. The molecule has 0 spiro atoms. The number of carbonyl (C=O) groups is 2. The van der Waals surface area contributed by atoms with Crippen molar-refractivity contribution in [2.24, 2.45) is 0 Å². The van der Waals surface area contributed by atoms with Crippen molar-refractivity contribution >= 4 is 23.3 Å². The number of nitrogens with zero attached hydrogens (tertiary/aromatic N) is 2. The van der Waals surface area contributed by atoms with Crippen LogP contribution in [0, 0.1) is 20.2 Å². The molecule has 12 nitrogen and oxygen atoms in total. The summed E-state index contributed by atoms with van der Waals surface area (Å²) in [6.07, 6.45) is 0. The molecule has 1 aromatic rings. The third-order valence-electron chi connectivity index (χ3n) is 4.57. The molecule has 0 aliphatic carbocycles. The largest absolute Gasteiger partial charge is 0.502 e. The monoisotopic (exact) mass is 435 g/mol. The normalized spacial score (nSPS) is 14.2. The number of nitrogens with one attached hydrogen (secondary N) is 1. The number of dihydropyridines is 1. The van der Waals surface area contributed by atoms with Crippen LogP contribution in [0.3, 0.4) is 0 Å². The van der Waals surface area contributed by atoms with E-state index in [1.54, 1.807) is 13.8 Å². The summed E-state index contributed by atoms with van der Waals surface area (Å²) >= 11 is 0. The lowest BCUT2D eigenvalue weighted by Crippen LogP contribution is -2.32. The van der Waals surface area contributed by atoms with Crippen LogP contribution in [0.1, 0.15) is 39.2 Å². The number of rotatable bonds is 7. The second-order valence-corrected chi connectivity index (χ2v) is 6.49. The number of phenolic OH excluding ortho intramolecular Hbond substituents is 1. The molecule has 0 amide bonds. The highest BCUT2D eigenvalue weighted by molar-refractivity contribution is 6.00. The van der Waals surface area contributed by atoms with Crippen LogP contribution in [0.4, 0.5) is 11.4 Å². The molecule has 0 unspecified atom stereocenters. The number of non-ortho nitro benzene ring substituents is 1. The van der Waals surface area contributed by atoms with Crippen LogP contribution in [0.25, 0.3) is 0 Å². The van der Waals surface area contributed by atoms with E-state index < -0.39 is 44.8 Å². The van der Waals surface area contributed by atoms with Crippen LogP contribution in [-0.2, 0) is 19.1 Å². The van der Waals surface area contributed by atoms with Gasteiger partial charge in [0.2, 0.25) is 0 Å². The number of nitro groups is 2. The number of ether oxygens (including phenoxy) is 2. The van der Waals surface area contributed by atoms with Crippen LogP contribution in [0.2, 0.25) is 0 Å². The van der Waals surface area contributed by atoms with E-state index >= 15 is 0 Å². The predicted octanol–water partition coefficient (Wildman–Crippen LogP) is 2.57. The minimum absolute atomic E-state index is 0.0131. The summed E-state index contributed by atoms with van der Waals surface area (Å²) in [7, 11) is 0. The Morgan fingerprint density at radius 2 is 1.48 bits per heavy atom. The summed E-state index contributed by atoms with van der Waals surface area (Å²) in [5.74, 6) is -4.04. The first kappa shape index (κ1) is 23.3. The molecule has 12 heteroatoms. The van der Waals surface area contributed by atoms with Gasteiger partial charge in [-0.3, -0.25) is 20.2 Å². The molecule has 2 rings (SSSR count). The number of hydrogen-bond acceptors (Lipinski definition) is 10. The van der Waals surface area contributed by atoms with Crippen molar-refractivity contribution in [3.63, 3.8) is 0 Å². The molecule has 0 atom stereocenters. The highest BCUT2D eigenvalue weighted by Gasteiger charge is 2.41. The predicted molar refractivity (Wildman–Crippen MR) is 106 cm³/mol. The number of aromatic hydroxyl groups is 1. The molecule has 0 radical (unpaired) electrons. The van der Waals surface area contributed by atoms with E-state index in [1.807, 2.05) is 0 Å². The Balaban J connectivity index is 2.92. The lowest BCUT2D eigenvalue weighted by Gasteiger charge is -2.30. The van der Waals surface area contributed by atoms with Gasteiger partial charge in [0, 0.05) is 23.0 Å². The minimum Gasteiger partial charge on any atom is -0.502 e. The zero-order valence-corrected chi connectivity index (χ0v) is 17.3. The lowest BCUT2D eigenvalue weighted by molar-refractivity contribution is -0.394. The van der Waals surface area contributed by atoms with Crippen LogP contribution < -0.4 is 5.32 Å². The van der Waals surface area contributed by atoms with E-state index in [2.05, 4.69) is 5.32 Å². The molecule has 1 aliphatic rings. The van der Waals surface area contributed by atoms with Crippen molar-refractivity contribution in [2.75, 3.05) is 13.2 Å². The van der Waals surface area contributed by atoms with Crippen molar-refractivity contribution in [2.45, 2.75) is 33.6 Å². The molecule has 0 fully saturated rings. The van der Waals surface area contributed by atoms with Gasteiger partial charge in [-0.1, -0.05) is 0 Å². The van der Waals surface area contributed by atoms with E-state index in [9.17, 15) is 34.9 Å². The Hall–Kier alpha value is -3.96. The molecule has 1 heterocycles. The Bertz CT molecular complexity index is 987. The van der Waals surface area contributed by atoms with Gasteiger partial charge in [-0.2, -0.15) is 0 Å². The maximum absolute atomic E-state index is 12.7. The highest BCUT2D eigenvalue weighted by atomic mass is 16.6. The average Bonchev–Trinajstić information content (AvgIpc) is 2.67. The fraction of sp³-hybridized carbons (Fsp3) is 0.368. The van der Waals surface area contributed by atoms with Gasteiger partial charge in [-0.15, -0.1) is 0 Å². The molecule has 0 saturated heterocycles. The Morgan fingerprint density at radius 1 is 1.00 bits per heavy atom. The Morgan fingerprint density at radius 3 is 1.87 bits per heavy atom. The van der Waals surface area contributed by atoms with Crippen molar-refractivity contribution < 1.29 is 34.0 Å². The molecule has 0 saturated carbocycles. The minimum atomic E-state index is -1.40. The molecule has 31 heavy (non-hydrogen) atoms. The first-order valence-electron chi connectivity index (χ1n) is 9.23. The second-order valence-electron chi connectivity index (χ2n) is 6.49. The van der Waals surface area contributed by atoms with Crippen molar-refractivity contribution in [1.82, 2.24) is 5.32 Å². The number of nitro benzene ring substituents is 2. The molecule has 166 valence electrons. The highest BCUT2D eigenvalue weighted by Crippen LogP contribution is 2.46. The quantitative estimate of drug-likeness (QED) is 0.368. The van der Waals surface area contributed by atoms with Crippen LogP contribution >= 0.6 is 0 Å². The standard InChI is InChI=1S/C19H21N3O9/c1-5-30-18(24)14-9(3)20-10(4)15(19(25)31-6-2)16(14)12-7-11(21(26)27)8-13(17(12)23)22(28)29/h7-8,16,20,23H,5-6H2,1-4H3. The fourth-order valence-electron chi connectivity index (χ4n) is 3.35. The van der Waals surface area contributed by atoms with Gasteiger partial charge in [0.1, 0.15) is 0 Å². The second kappa shape index (κ2) is 9.24. The molecular formula is C19H21N3O9. The zero-order valence-electron chi connectivity index (χ0n) is 17.3. The number of phenols is 1. The number of carbonyl (C=O) groups excluding carboxylic acids is 2. The Kier molecular flexibility index (Phi) is 6.95. The van der Waals surface area contributed by atoms with Crippen molar-refractivity contribution in [3.05, 3.63) is 60.5 Å². The first-order chi connectivity index (χ1) is 14.5. The summed E-state index contributed by atoms with van der Waals surface area (Å²) in [6.45, 7) is 6.10. The number of allylic oxidation sites excluding steroid dienone is 2. The zero-order chi connectivity index (χ0) is 23.5. The molecule has 2 N–H and O–H groups in total. The van der Waals surface area contributed by atoms with Crippen LogP contribution in [0.5, 0.6) is 5.75 Å². The Labute approximate surface area is 176 Å². The molecule has 0 bridgehead atoms. The third-order valence-corrected chi connectivity index (χ3v) is 4.57. The molecular weight excluding hydrogens is 414 g/mol. The maximum atomic E-state index is 12.7. The molecule has 1 aromatic carbocycles. The van der Waals surface area contributed by atoms with Crippen LogP contribution in [-0.4, -0.2) is 40.1 Å². The summed E-state index contributed by atoms with van der Waals surface area (Å²) in [5.41, 5.74) is -1.78. The smallest absolute Gasteiger partial charge is 0.336 e. The van der Waals surface area contributed by atoms with Gasteiger partial charge >= 0.3 is 17.6 Å². The number of esters is 2. The summed E-state index contributed by atoms with van der Waals surface area (Å²) in [5, 5.41) is 36.2. The third kappa shape index (κ3) is 4.47. The van der Waals surface area contributed by atoms with Crippen LogP contribution in [0.15, 0.2) is 34.7 Å². The van der Waals surface area contributed by atoms with Gasteiger partial charge < -0.3 is 19.9 Å². The van der Waals surface area contributed by atoms with E-state index in [0.29, 0.717) is 6.07 Å². The van der Waals surface area contributed by atoms with E-state index in [0.717, 1.165) is 6.07 Å². The SMILES string of the molecule is CCOC(=O)C1=C(C)NC(C)=C(C(=O)OCC)C1c1cc([N+](=O)[O-])cc([N+](=O)[O-])c1O. The van der Waals surface area contributed by atoms with E-state index in [1.165, 1.54) is 13.8 Å². The average molecular weight is 435 g/mol. The number of hydrogen-bond donors (Lipinski definition) is 2. The van der Waals surface area contributed by atoms with Crippen molar-refractivity contribution in [3.8, 4) is 5.75 Å². The van der Waals surface area contributed by atoms with Gasteiger partial charge in [0.15, 0.2) is 5.75 Å². The molecule has 0 aromatic heterocycles. The van der Waals surface area contributed by atoms with Gasteiger partial charge in [0.25, 0.3) is 5.69 Å². The van der Waals surface area contributed by atoms with Gasteiger partial charge in [-0.25, -0.2) is 9.59 Å². The topological polar surface area (TPSA) is 171 Å². The van der Waals surface area contributed by atoms with E-state index in [4.69, 9.17) is 9.47 Å². The maximum Gasteiger partial charge on any atom is 0.336 e. The lowest BCUT2D eigenvalue weighted by atomic mass is 9.79. The van der Waals surface area contributed by atoms with E-state index in [-0.39, 0.29) is 41.3 Å².